The van der Waals surface area contributed by atoms with E-state index in [0.29, 0.717) is 0 Å². The molecule has 0 radical (unpaired) electrons. The average Bonchev–Trinajstić information content (AvgIpc) is 3.84. The minimum atomic E-state index is 1.08. The molecule has 0 aliphatic heterocycles. The van der Waals surface area contributed by atoms with Crippen molar-refractivity contribution in [3.05, 3.63) is 161 Å². The number of benzene rings is 6. The van der Waals surface area contributed by atoms with Gasteiger partial charge in [0.2, 0.25) is 0 Å². The number of anilines is 3. The van der Waals surface area contributed by atoms with Crippen LogP contribution in [-0.2, 0) is 12.8 Å². The number of allylic oxidation sites excluding steroid dienone is 2. The molecule has 244 valence electrons. The quantitative estimate of drug-likeness (QED) is 0.163. The molecule has 0 bridgehead atoms. The van der Waals surface area contributed by atoms with Crippen LogP contribution < -0.4 is 4.90 Å². The third-order valence-corrected chi connectivity index (χ3v) is 12.4. The molecule has 0 unspecified atom stereocenters. The predicted molar refractivity (Wildman–Crippen MR) is 218 cm³/mol. The maximum atomic E-state index is 4.96. The third kappa shape index (κ3) is 5.50. The highest BCUT2D eigenvalue weighted by Crippen LogP contribution is 2.41. The molecule has 2 aromatic heterocycles. The molecule has 6 aromatic carbocycles. The van der Waals surface area contributed by atoms with Gasteiger partial charge in [-0.05, 0) is 137 Å². The molecule has 10 rings (SSSR count). The van der Waals surface area contributed by atoms with Crippen LogP contribution in [0, 0.1) is 0 Å². The highest BCUT2D eigenvalue weighted by molar-refractivity contribution is 7.15. The fourth-order valence-corrected chi connectivity index (χ4v) is 9.59. The van der Waals surface area contributed by atoms with E-state index in [1.807, 2.05) is 22.7 Å². The van der Waals surface area contributed by atoms with Gasteiger partial charge in [-0.2, -0.15) is 0 Å². The molecule has 8 aromatic rings. The van der Waals surface area contributed by atoms with E-state index in [9.17, 15) is 0 Å². The molecule has 2 heterocycles. The van der Waals surface area contributed by atoms with Gasteiger partial charge in [0.05, 0.1) is 11.4 Å². The maximum Gasteiger partial charge on any atom is 0.124 e. The van der Waals surface area contributed by atoms with Crippen molar-refractivity contribution in [3.8, 4) is 32.3 Å². The first-order valence-corrected chi connectivity index (χ1v) is 19.2. The van der Waals surface area contributed by atoms with Crippen molar-refractivity contribution >= 4 is 73.4 Å². The van der Waals surface area contributed by atoms with Crippen LogP contribution >= 0.6 is 22.7 Å². The largest absolute Gasteiger partial charge is 0.311 e. The Morgan fingerprint density at radius 3 is 1.47 bits per heavy atom. The lowest BCUT2D eigenvalue weighted by molar-refractivity contribution is 1.00. The number of rotatable bonds is 6. The van der Waals surface area contributed by atoms with E-state index in [1.165, 1.54) is 42.4 Å². The topological polar surface area (TPSA) is 29.0 Å². The van der Waals surface area contributed by atoms with Crippen molar-refractivity contribution < 1.29 is 0 Å². The zero-order valence-corrected chi connectivity index (χ0v) is 29.6. The zero-order chi connectivity index (χ0) is 33.7. The minimum Gasteiger partial charge on any atom is -0.311 e. The third-order valence-electron chi connectivity index (χ3n) is 10.0. The van der Waals surface area contributed by atoms with E-state index in [0.717, 1.165) is 75.3 Å². The normalized spacial score (nSPS) is 13.4. The Labute approximate surface area is 305 Å². The van der Waals surface area contributed by atoms with E-state index in [2.05, 4.69) is 157 Å². The Hall–Kier alpha value is -5.62. The summed E-state index contributed by atoms with van der Waals surface area (Å²) < 4.78 is 0. The Kier molecular flexibility index (Phi) is 7.47. The maximum absolute atomic E-state index is 4.96. The lowest BCUT2D eigenvalue weighted by Crippen LogP contribution is -2.09. The van der Waals surface area contributed by atoms with Crippen LogP contribution in [0.25, 0.3) is 66.0 Å². The Balaban J connectivity index is 1.04. The summed E-state index contributed by atoms with van der Waals surface area (Å²) in [5, 5.41) is 7.27. The summed E-state index contributed by atoms with van der Waals surface area (Å²) in [6.45, 7) is 0. The molecule has 5 heteroatoms. The summed E-state index contributed by atoms with van der Waals surface area (Å²) in [4.78, 5) is 15.0. The van der Waals surface area contributed by atoms with Crippen LogP contribution in [0.4, 0.5) is 17.1 Å². The number of aromatic nitrogens is 2. The van der Waals surface area contributed by atoms with E-state index >= 15 is 0 Å². The number of hydrogen-bond donors (Lipinski definition) is 0. The summed E-state index contributed by atoms with van der Waals surface area (Å²) in [5.74, 6) is 0. The van der Waals surface area contributed by atoms with Gasteiger partial charge < -0.3 is 4.90 Å². The number of aryl methyl sites for hydroxylation is 2. The van der Waals surface area contributed by atoms with Crippen LogP contribution in [0.2, 0.25) is 0 Å². The second kappa shape index (κ2) is 12.6. The van der Waals surface area contributed by atoms with Gasteiger partial charge >= 0.3 is 0 Å². The molecule has 2 aliphatic rings. The molecule has 51 heavy (non-hydrogen) atoms. The van der Waals surface area contributed by atoms with Crippen LogP contribution in [0.1, 0.15) is 34.0 Å². The predicted octanol–water partition coefficient (Wildman–Crippen LogP) is 13.3. The van der Waals surface area contributed by atoms with Crippen LogP contribution in [0.3, 0.4) is 0 Å². The number of thiazole rings is 2. The molecule has 3 nitrogen and oxygen atoms in total. The molecule has 0 amide bonds. The van der Waals surface area contributed by atoms with E-state index in [-0.39, 0.29) is 0 Å². The molecule has 0 saturated heterocycles. The van der Waals surface area contributed by atoms with Gasteiger partial charge in [0.25, 0.3) is 0 Å². The van der Waals surface area contributed by atoms with E-state index in [1.54, 1.807) is 0 Å². The first-order valence-electron chi connectivity index (χ1n) is 17.6. The van der Waals surface area contributed by atoms with Crippen LogP contribution in [-0.4, -0.2) is 9.97 Å². The Bertz CT molecular complexity index is 2520. The minimum absolute atomic E-state index is 1.08. The summed E-state index contributed by atoms with van der Waals surface area (Å²) >= 11 is 3.64. The van der Waals surface area contributed by atoms with Crippen molar-refractivity contribution in [2.24, 2.45) is 0 Å². The number of hydrogen-bond acceptors (Lipinski definition) is 5. The van der Waals surface area contributed by atoms with Gasteiger partial charge in [-0.15, -0.1) is 22.7 Å². The SMILES string of the molecule is C1=Cc2nc(-c3ccc(N(c4ccc(-c5nc6c(s5)CCC=C6)cc4)c4ccc(-c5cc6ccccc6c6ccccc56)cc4)cc3)sc2CC1. The molecule has 0 spiro atoms. The van der Waals surface area contributed by atoms with Crippen molar-refractivity contribution in [2.75, 3.05) is 4.90 Å². The molecule has 0 fully saturated rings. The van der Waals surface area contributed by atoms with Crippen molar-refractivity contribution in [2.45, 2.75) is 25.7 Å². The summed E-state index contributed by atoms with van der Waals surface area (Å²) in [6, 6.07) is 46.6. The standard InChI is InChI=1S/C46H33N3S2/c1-2-10-37-33(9-1)29-40(39-12-4-3-11-38(37)39)30-17-23-34(24-18-30)49(35-25-19-31(20-26-35)45-47-41-13-5-7-15-43(41)50-45)36-27-21-32(22-28-36)46-48-42-14-6-8-16-44(42)51-46/h1-6,9-14,17-29H,7-8,15-16H2. The van der Waals surface area contributed by atoms with Gasteiger partial charge in [-0.25, -0.2) is 9.97 Å². The fourth-order valence-electron chi connectivity index (χ4n) is 7.45. The number of nitrogens with zero attached hydrogens (tertiary/aromatic N) is 3. The first kappa shape index (κ1) is 30.2. The van der Waals surface area contributed by atoms with Crippen molar-refractivity contribution in [1.82, 2.24) is 9.97 Å². The number of fused-ring (bicyclic) bond motifs is 5. The molecule has 2 aliphatic carbocycles. The molecule has 0 N–H and O–H groups in total. The van der Waals surface area contributed by atoms with Crippen molar-refractivity contribution in [1.29, 1.82) is 0 Å². The second-order valence-corrected chi connectivity index (χ2v) is 15.4. The highest BCUT2D eigenvalue weighted by atomic mass is 32.1. The summed E-state index contributed by atoms with van der Waals surface area (Å²) in [5.41, 5.74) is 10.3. The molecule has 0 saturated carbocycles. The van der Waals surface area contributed by atoms with Crippen molar-refractivity contribution in [3.63, 3.8) is 0 Å². The smallest absolute Gasteiger partial charge is 0.124 e. The Morgan fingerprint density at radius 2 is 0.941 bits per heavy atom. The average molecular weight is 692 g/mol. The fraction of sp³-hybridized carbons (Fsp3) is 0.0870. The molecule has 0 atom stereocenters. The Morgan fingerprint density at radius 1 is 0.471 bits per heavy atom. The highest BCUT2D eigenvalue weighted by Gasteiger charge is 2.18. The van der Waals surface area contributed by atoms with Gasteiger partial charge in [0.1, 0.15) is 10.0 Å². The second-order valence-electron chi connectivity index (χ2n) is 13.2. The molecular formula is C46H33N3S2. The van der Waals surface area contributed by atoms with Gasteiger partial charge in [0.15, 0.2) is 0 Å². The lowest BCUT2D eigenvalue weighted by Gasteiger charge is -2.26. The van der Waals surface area contributed by atoms with Gasteiger partial charge in [-0.1, -0.05) is 72.8 Å². The van der Waals surface area contributed by atoms with E-state index < -0.39 is 0 Å². The zero-order valence-electron chi connectivity index (χ0n) is 27.9. The first-order chi connectivity index (χ1) is 25.2. The molecular weight excluding hydrogens is 659 g/mol. The van der Waals surface area contributed by atoms with Gasteiger partial charge in [-0.3, -0.25) is 0 Å². The summed E-state index contributed by atoms with van der Waals surface area (Å²) in [6.07, 6.45) is 13.1. The lowest BCUT2D eigenvalue weighted by atomic mass is 9.93. The monoisotopic (exact) mass is 691 g/mol. The summed E-state index contributed by atoms with van der Waals surface area (Å²) in [7, 11) is 0. The van der Waals surface area contributed by atoms with Gasteiger partial charge in [0, 0.05) is 37.9 Å². The van der Waals surface area contributed by atoms with E-state index in [4.69, 9.17) is 9.97 Å². The van der Waals surface area contributed by atoms with Crippen LogP contribution in [0.15, 0.2) is 140 Å². The van der Waals surface area contributed by atoms with Crippen LogP contribution in [0.5, 0.6) is 0 Å².